The van der Waals surface area contributed by atoms with Crippen LogP contribution in [-0.2, 0) is 42.4 Å². The lowest BCUT2D eigenvalue weighted by Crippen LogP contribution is -2.24. The zero-order valence-corrected chi connectivity index (χ0v) is 37.3. The number of hydrogen-bond donors (Lipinski definition) is 1. The molecule has 51 heavy (non-hydrogen) atoms. The molecule has 3 rings (SSSR count). The molecule has 3 nitrogen and oxygen atoms in total. The fourth-order valence-corrected chi connectivity index (χ4v) is 7.35. The summed E-state index contributed by atoms with van der Waals surface area (Å²) in [6, 6.07) is 18.2. The Morgan fingerprint density at radius 3 is 0.980 bits per heavy atom. The SMILES string of the molecule is CC(C)(C)c1ccc(C(OP(O)Oc2c(C(C)(C)C)cc(C(C)(C)C)cc2C(C)(C)C)c2ccc(C(C)(C)C)cc2C(C)(C)C)c(C(C)(C)C)c1. The Morgan fingerprint density at radius 2 is 0.706 bits per heavy atom. The van der Waals surface area contributed by atoms with E-state index < -0.39 is 14.7 Å². The monoisotopic (exact) mass is 717 g/mol. The molecular weight excluding hydrogens is 643 g/mol. The van der Waals surface area contributed by atoms with E-state index in [1.165, 1.54) is 27.8 Å². The van der Waals surface area contributed by atoms with Gasteiger partial charge < -0.3 is 9.42 Å². The molecule has 0 spiro atoms. The number of hydrogen-bond acceptors (Lipinski definition) is 3. The van der Waals surface area contributed by atoms with Gasteiger partial charge in [-0.25, -0.2) is 0 Å². The normalized spacial score (nSPS) is 14.6. The van der Waals surface area contributed by atoms with Gasteiger partial charge in [-0.15, -0.1) is 0 Å². The highest BCUT2D eigenvalue weighted by Gasteiger charge is 2.36. The molecule has 284 valence electrons. The third-order valence-corrected chi connectivity index (χ3v) is 10.7. The van der Waals surface area contributed by atoms with E-state index in [1.807, 2.05) is 0 Å². The van der Waals surface area contributed by atoms with Crippen molar-refractivity contribution >= 4 is 8.60 Å². The van der Waals surface area contributed by atoms with Crippen LogP contribution in [0.15, 0.2) is 48.5 Å². The van der Waals surface area contributed by atoms with Crippen LogP contribution in [0.1, 0.15) is 202 Å². The zero-order valence-electron chi connectivity index (χ0n) is 36.4. The molecule has 0 saturated heterocycles. The van der Waals surface area contributed by atoms with Crippen molar-refractivity contribution in [3.05, 3.63) is 98.6 Å². The zero-order chi connectivity index (χ0) is 39.5. The molecule has 0 amide bonds. The van der Waals surface area contributed by atoms with Crippen molar-refractivity contribution in [2.75, 3.05) is 0 Å². The topological polar surface area (TPSA) is 38.7 Å². The molecule has 0 heterocycles. The van der Waals surface area contributed by atoms with Crippen molar-refractivity contribution in [3.8, 4) is 5.75 Å². The summed E-state index contributed by atoms with van der Waals surface area (Å²) in [5, 5.41) is 0. The standard InChI is InChI=1S/C47H73O3P/c1-41(2,3)30-22-24-33(35(26-30)44(10,11)12)39(34-25-23-31(42(4,5)6)27-36(34)45(13,14)15)49-51(48)50-40-37(46(16,17)18)28-32(43(7,8)9)29-38(40)47(19,20)21/h22-29,39,48H,1-21H3. The van der Waals surface area contributed by atoms with Gasteiger partial charge in [0.05, 0.1) is 0 Å². The Balaban J connectivity index is 2.39. The van der Waals surface area contributed by atoms with E-state index in [2.05, 4.69) is 194 Å². The largest absolute Gasteiger partial charge is 0.426 e. The summed E-state index contributed by atoms with van der Waals surface area (Å²) in [4.78, 5) is 12.2. The molecule has 3 aromatic carbocycles. The molecule has 4 heteroatoms. The summed E-state index contributed by atoms with van der Waals surface area (Å²) < 4.78 is 13.8. The summed E-state index contributed by atoms with van der Waals surface area (Å²) in [5.41, 5.74) is 9.64. The summed E-state index contributed by atoms with van der Waals surface area (Å²) in [7, 11) is -2.36. The van der Waals surface area contributed by atoms with E-state index in [-0.39, 0.29) is 37.9 Å². The highest BCUT2D eigenvalue weighted by Crippen LogP contribution is 2.52. The van der Waals surface area contributed by atoms with Gasteiger partial charge in [0.1, 0.15) is 11.9 Å². The quantitative estimate of drug-likeness (QED) is 0.258. The Hall–Kier alpha value is -2.19. The van der Waals surface area contributed by atoms with Crippen molar-refractivity contribution in [2.45, 2.75) is 189 Å². The Morgan fingerprint density at radius 1 is 0.412 bits per heavy atom. The van der Waals surface area contributed by atoms with Gasteiger partial charge in [0.15, 0.2) is 0 Å². The van der Waals surface area contributed by atoms with Crippen molar-refractivity contribution in [1.29, 1.82) is 0 Å². The second kappa shape index (κ2) is 14.2. The van der Waals surface area contributed by atoms with Gasteiger partial charge in [0.2, 0.25) is 0 Å². The molecular formula is C47H73O3P. The van der Waals surface area contributed by atoms with E-state index in [0.717, 1.165) is 28.0 Å². The first kappa shape index (κ1) is 43.2. The van der Waals surface area contributed by atoms with Crippen LogP contribution < -0.4 is 4.52 Å². The van der Waals surface area contributed by atoms with E-state index >= 15 is 0 Å². The summed E-state index contributed by atoms with van der Waals surface area (Å²) in [6.07, 6.45) is -0.558. The average Bonchev–Trinajstić information content (AvgIpc) is 2.91. The molecule has 0 aliphatic carbocycles. The molecule has 0 aliphatic heterocycles. The number of rotatable bonds is 6. The molecule has 0 fully saturated rings. The molecule has 1 atom stereocenters. The molecule has 0 aromatic heterocycles. The van der Waals surface area contributed by atoms with Crippen LogP contribution in [0.2, 0.25) is 0 Å². The average molecular weight is 717 g/mol. The third-order valence-electron chi connectivity index (χ3n) is 9.96. The lowest BCUT2D eigenvalue weighted by Gasteiger charge is -2.35. The van der Waals surface area contributed by atoms with Crippen molar-refractivity contribution in [3.63, 3.8) is 0 Å². The van der Waals surface area contributed by atoms with Gasteiger partial charge in [-0.05, 0) is 76.8 Å². The highest BCUT2D eigenvalue weighted by atomic mass is 31.2. The van der Waals surface area contributed by atoms with Crippen LogP contribution in [0.5, 0.6) is 5.75 Å². The Kier molecular flexibility index (Phi) is 12.1. The molecule has 1 N–H and O–H groups in total. The minimum Gasteiger partial charge on any atom is -0.426 e. The summed E-state index contributed by atoms with van der Waals surface area (Å²) in [6.45, 7) is 47.2. The van der Waals surface area contributed by atoms with Gasteiger partial charge in [-0.1, -0.05) is 194 Å². The maximum Gasteiger partial charge on any atom is 0.395 e. The van der Waals surface area contributed by atoms with Crippen molar-refractivity contribution < 1.29 is 13.9 Å². The first-order valence-electron chi connectivity index (χ1n) is 19.0. The lowest BCUT2D eigenvalue weighted by atomic mass is 9.74. The fourth-order valence-electron chi connectivity index (χ4n) is 6.55. The highest BCUT2D eigenvalue weighted by molar-refractivity contribution is 7.41. The van der Waals surface area contributed by atoms with E-state index in [9.17, 15) is 4.89 Å². The van der Waals surface area contributed by atoms with Crippen LogP contribution >= 0.6 is 8.60 Å². The summed E-state index contributed by atoms with van der Waals surface area (Å²) >= 11 is 0. The molecule has 0 radical (unpaired) electrons. The predicted molar refractivity (Wildman–Crippen MR) is 223 cm³/mol. The second-order valence-electron chi connectivity index (χ2n) is 22.1. The van der Waals surface area contributed by atoms with Gasteiger partial charge in [0, 0.05) is 11.1 Å². The fraction of sp³-hybridized carbons (Fsp3) is 0.617. The maximum absolute atomic E-state index is 12.2. The van der Waals surface area contributed by atoms with Crippen LogP contribution in [0.25, 0.3) is 0 Å². The molecule has 3 aromatic rings. The van der Waals surface area contributed by atoms with Crippen LogP contribution in [0, 0.1) is 0 Å². The molecule has 0 saturated carbocycles. The first-order chi connectivity index (χ1) is 22.6. The van der Waals surface area contributed by atoms with Crippen LogP contribution in [0.3, 0.4) is 0 Å². The minimum absolute atomic E-state index is 0.0154. The molecule has 1 unspecified atom stereocenters. The van der Waals surface area contributed by atoms with E-state index in [0.29, 0.717) is 0 Å². The van der Waals surface area contributed by atoms with Gasteiger partial charge in [-0.2, -0.15) is 0 Å². The van der Waals surface area contributed by atoms with Gasteiger partial charge in [0.25, 0.3) is 0 Å². The van der Waals surface area contributed by atoms with E-state index in [1.54, 1.807) is 0 Å². The smallest absolute Gasteiger partial charge is 0.395 e. The number of benzene rings is 3. The third kappa shape index (κ3) is 10.5. The Bertz CT molecular complexity index is 1570. The van der Waals surface area contributed by atoms with Crippen LogP contribution in [0.4, 0.5) is 0 Å². The van der Waals surface area contributed by atoms with Gasteiger partial charge >= 0.3 is 8.60 Å². The minimum atomic E-state index is -2.36. The van der Waals surface area contributed by atoms with E-state index in [4.69, 9.17) is 9.05 Å². The predicted octanol–water partition coefficient (Wildman–Crippen LogP) is 14.2. The summed E-state index contributed by atoms with van der Waals surface area (Å²) in [5.74, 6) is 0.730. The Labute approximate surface area is 315 Å². The molecule has 0 aliphatic rings. The van der Waals surface area contributed by atoms with Crippen LogP contribution in [-0.4, -0.2) is 4.89 Å². The van der Waals surface area contributed by atoms with Crippen molar-refractivity contribution in [1.82, 2.24) is 0 Å². The first-order valence-corrected chi connectivity index (χ1v) is 20.1. The molecule has 0 bridgehead atoms. The maximum atomic E-state index is 12.2. The second-order valence-corrected chi connectivity index (χ2v) is 22.9. The van der Waals surface area contributed by atoms with Gasteiger partial charge in [-0.3, -0.25) is 4.52 Å². The van der Waals surface area contributed by atoms with Crippen molar-refractivity contribution in [2.24, 2.45) is 0 Å². The lowest BCUT2D eigenvalue weighted by molar-refractivity contribution is 0.203.